The lowest BCUT2D eigenvalue weighted by molar-refractivity contribution is -0.133. The molecule has 0 radical (unpaired) electrons. The van der Waals surface area contributed by atoms with Gasteiger partial charge in [-0.2, -0.15) is 0 Å². The first-order chi connectivity index (χ1) is 7.16. The summed E-state index contributed by atoms with van der Waals surface area (Å²) in [7, 11) is 0. The summed E-state index contributed by atoms with van der Waals surface area (Å²) in [6, 6.07) is 7.98. The molecule has 1 amide bonds. The van der Waals surface area contributed by atoms with E-state index in [1.807, 2.05) is 25.1 Å². The molecule has 0 saturated carbocycles. The van der Waals surface area contributed by atoms with Gasteiger partial charge in [-0.3, -0.25) is 4.79 Å². The van der Waals surface area contributed by atoms with E-state index in [1.54, 1.807) is 0 Å². The van der Waals surface area contributed by atoms with Gasteiger partial charge in [0.15, 0.2) is 5.72 Å². The highest BCUT2D eigenvalue weighted by atomic mass is 16.5. The molecule has 2 aliphatic rings. The normalized spacial score (nSPS) is 32.6. The number of nitrogens with one attached hydrogen (secondary N) is 1. The Hall–Kier alpha value is -1.51. The number of fused-ring (bicyclic) bond motifs is 4. The van der Waals surface area contributed by atoms with Crippen LogP contribution < -0.4 is 10.1 Å². The van der Waals surface area contributed by atoms with Gasteiger partial charge in [0.05, 0.1) is 0 Å². The molecule has 1 N–H and O–H groups in total. The number of hydrogen-bond donors (Lipinski definition) is 1. The molecule has 3 rings (SSSR count). The van der Waals surface area contributed by atoms with E-state index in [9.17, 15) is 4.79 Å². The van der Waals surface area contributed by atoms with Crippen LogP contribution in [0.3, 0.4) is 0 Å². The highest BCUT2D eigenvalue weighted by Gasteiger charge is 2.43. The first-order valence-electron chi connectivity index (χ1n) is 5.25. The topological polar surface area (TPSA) is 38.3 Å². The van der Waals surface area contributed by atoms with Gasteiger partial charge in [0, 0.05) is 18.8 Å². The first kappa shape index (κ1) is 8.77. The van der Waals surface area contributed by atoms with E-state index < -0.39 is 5.72 Å². The number of hydrogen-bond acceptors (Lipinski definition) is 2. The second-order valence-corrected chi connectivity index (χ2v) is 4.52. The summed E-state index contributed by atoms with van der Waals surface area (Å²) in [5, 5.41) is 2.90. The Morgan fingerprint density at radius 2 is 2.27 bits per heavy atom. The van der Waals surface area contributed by atoms with Crippen molar-refractivity contribution in [3.05, 3.63) is 29.8 Å². The predicted octanol–water partition coefficient (Wildman–Crippen LogP) is 1.79. The summed E-state index contributed by atoms with van der Waals surface area (Å²) in [4.78, 5) is 11.5. The van der Waals surface area contributed by atoms with Gasteiger partial charge < -0.3 is 10.1 Å². The second kappa shape index (κ2) is 2.75. The monoisotopic (exact) mass is 203 g/mol. The van der Waals surface area contributed by atoms with E-state index in [-0.39, 0.29) is 5.91 Å². The Morgan fingerprint density at radius 1 is 1.47 bits per heavy atom. The minimum atomic E-state index is -0.506. The average molecular weight is 203 g/mol. The number of amides is 1. The van der Waals surface area contributed by atoms with Gasteiger partial charge in [-0.05, 0) is 18.6 Å². The largest absolute Gasteiger partial charge is 0.468 e. The Balaban J connectivity index is 2.10. The molecule has 15 heavy (non-hydrogen) atoms. The van der Waals surface area contributed by atoms with Crippen LogP contribution in [-0.4, -0.2) is 11.6 Å². The molecule has 1 fully saturated rings. The first-order valence-corrected chi connectivity index (χ1v) is 5.25. The van der Waals surface area contributed by atoms with E-state index in [4.69, 9.17) is 4.74 Å². The highest BCUT2D eigenvalue weighted by Crippen LogP contribution is 2.43. The molecule has 3 nitrogen and oxygen atoms in total. The summed E-state index contributed by atoms with van der Waals surface area (Å²) < 4.78 is 5.83. The lowest BCUT2D eigenvalue weighted by Crippen LogP contribution is -2.57. The summed E-state index contributed by atoms with van der Waals surface area (Å²) in [6.07, 6.45) is 1.45. The number of para-hydroxylation sites is 1. The van der Waals surface area contributed by atoms with E-state index in [2.05, 4.69) is 11.4 Å². The van der Waals surface area contributed by atoms with Gasteiger partial charge in [0.25, 0.3) is 0 Å². The zero-order valence-electron chi connectivity index (χ0n) is 8.62. The van der Waals surface area contributed by atoms with Gasteiger partial charge in [-0.15, -0.1) is 0 Å². The Morgan fingerprint density at radius 3 is 3.13 bits per heavy atom. The quantitative estimate of drug-likeness (QED) is 0.698. The van der Waals surface area contributed by atoms with E-state index >= 15 is 0 Å². The van der Waals surface area contributed by atoms with Gasteiger partial charge in [-0.1, -0.05) is 18.2 Å². The molecule has 1 aromatic rings. The van der Waals surface area contributed by atoms with Crippen molar-refractivity contribution in [1.82, 2.24) is 5.32 Å². The maximum absolute atomic E-state index is 11.5. The fraction of sp³-hybridized carbons (Fsp3) is 0.417. The fourth-order valence-electron chi connectivity index (χ4n) is 2.60. The van der Waals surface area contributed by atoms with Crippen LogP contribution in [0, 0.1) is 0 Å². The van der Waals surface area contributed by atoms with Crippen molar-refractivity contribution in [2.45, 2.75) is 31.4 Å². The maximum Gasteiger partial charge on any atom is 0.223 e. The van der Waals surface area contributed by atoms with E-state index in [1.165, 1.54) is 5.56 Å². The van der Waals surface area contributed by atoms with Crippen molar-refractivity contribution >= 4 is 5.91 Å². The molecule has 0 aliphatic carbocycles. The molecule has 1 saturated heterocycles. The third-order valence-electron chi connectivity index (χ3n) is 3.17. The maximum atomic E-state index is 11.5. The minimum absolute atomic E-state index is 0.0863. The van der Waals surface area contributed by atoms with Crippen LogP contribution in [0.1, 0.15) is 31.2 Å². The van der Waals surface area contributed by atoms with E-state index in [0.717, 1.165) is 12.2 Å². The van der Waals surface area contributed by atoms with Crippen LogP contribution in [0.5, 0.6) is 5.75 Å². The van der Waals surface area contributed by atoms with Crippen molar-refractivity contribution in [1.29, 1.82) is 0 Å². The summed E-state index contributed by atoms with van der Waals surface area (Å²) >= 11 is 0. The molecule has 0 aromatic heterocycles. The number of carbonyl (C=O) groups is 1. The van der Waals surface area contributed by atoms with Crippen LogP contribution in [0.15, 0.2) is 24.3 Å². The standard InChI is InChI=1S/C12H13NO2/c1-12-7-8(6-11(14)13-12)9-4-2-3-5-10(9)15-12/h2-5,8H,6-7H2,1H3,(H,13,14)/t8-,12-/m0/s1. The molecule has 2 atom stereocenters. The zero-order valence-corrected chi connectivity index (χ0v) is 8.62. The Labute approximate surface area is 88.4 Å². The van der Waals surface area contributed by atoms with Crippen LogP contribution in [0.4, 0.5) is 0 Å². The third kappa shape index (κ3) is 1.30. The smallest absolute Gasteiger partial charge is 0.223 e. The molecule has 78 valence electrons. The molecule has 2 aliphatic heterocycles. The number of benzene rings is 1. The summed E-state index contributed by atoms with van der Waals surface area (Å²) in [5.74, 6) is 1.31. The SMILES string of the molecule is C[C@]12C[C@H](CC(=O)N1)c1ccccc1O2. The molecule has 2 heterocycles. The number of rotatable bonds is 0. The van der Waals surface area contributed by atoms with Crippen molar-refractivity contribution in [3.8, 4) is 5.75 Å². The lowest BCUT2D eigenvalue weighted by atomic mass is 9.82. The van der Waals surface area contributed by atoms with Crippen LogP contribution in [0.25, 0.3) is 0 Å². The van der Waals surface area contributed by atoms with Crippen molar-refractivity contribution in [2.24, 2.45) is 0 Å². The van der Waals surface area contributed by atoms with Crippen molar-refractivity contribution < 1.29 is 9.53 Å². The molecule has 3 heteroatoms. The van der Waals surface area contributed by atoms with E-state index in [0.29, 0.717) is 12.3 Å². The number of ether oxygens (including phenoxy) is 1. The Bertz CT molecular complexity index is 429. The lowest BCUT2D eigenvalue weighted by Gasteiger charge is -2.43. The molecule has 0 unspecified atom stereocenters. The molecular formula is C12H13NO2. The highest BCUT2D eigenvalue weighted by molar-refractivity contribution is 5.79. The fourth-order valence-corrected chi connectivity index (χ4v) is 2.60. The predicted molar refractivity (Wildman–Crippen MR) is 55.6 cm³/mol. The van der Waals surface area contributed by atoms with Gasteiger partial charge >= 0.3 is 0 Å². The van der Waals surface area contributed by atoms with Gasteiger partial charge in [0.1, 0.15) is 5.75 Å². The average Bonchev–Trinajstić information content (AvgIpc) is 2.15. The van der Waals surface area contributed by atoms with Crippen LogP contribution >= 0.6 is 0 Å². The van der Waals surface area contributed by atoms with Crippen molar-refractivity contribution in [2.75, 3.05) is 0 Å². The third-order valence-corrected chi connectivity index (χ3v) is 3.17. The number of piperidine rings is 1. The van der Waals surface area contributed by atoms with Crippen LogP contribution in [0.2, 0.25) is 0 Å². The Kier molecular flexibility index (Phi) is 1.61. The van der Waals surface area contributed by atoms with Crippen molar-refractivity contribution in [3.63, 3.8) is 0 Å². The summed E-state index contributed by atoms with van der Waals surface area (Å²) in [5.41, 5.74) is 0.666. The molecular weight excluding hydrogens is 190 g/mol. The zero-order chi connectivity index (χ0) is 10.5. The minimum Gasteiger partial charge on any atom is -0.468 e. The molecule has 1 aromatic carbocycles. The molecule has 0 spiro atoms. The second-order valence-electron chi connectivity index (χ2n) is 4.52. The van der Waals surface area contributed by atoms with Gasteiger partial charge in [-0.25, -0.2) is 0 Å². The van der Waals surface area contributed by atoms with Gasteiger partial charge in [0.2, 0.25) is 5.91 Å². The summed E-state index contributed by atoms with van der Waals surface area (Å²) in [6.45, 7) is 1.94. The number of carbonyl (C=O) groups excluding carboxylic acids is 1. The van der Waals surface area contributed by atoms with Crippen LogP contribution in [-0.2, 0) is 4.79 Å². The molecule has 2 bridgehead atoms.